The number of fused-ring (bicyclic) bond motifs is 6. The number of hydrogen-bond donors (Lipinski definition) is 1. The first-order chi connectivity index (χ1) is 16.8. The van der Waals surface area contributed by atoms with E-state index in [1.165, 1.54) is 66.0 Å². The highest BCUT2D eigenvalue weighted by Crippen LogP contribution is 2.37. The second-order valence-electron chi connectivity index (χ2n) is 9.00. The summed E-state index contributed by atoms with van der Waals surface area (Å²) in [6.07, 6.45) is 1.01. The van der Waals surface area contributed by atoms with Crippen LogP contribution in [0.3, 0.4) is 0 Å². The molecule has 7 rings (SSSR count). The van der Waals surface area contributed by atoms with Gasteiger partial charge in [0.2, 0.25) is 0 Å². The van der Waals surface area contributed by atoms with Gasteiger partial charge in [0.25, 0.3) is 0 Å². The summed E-state index contributed by atoms with van der Waals surface area (Å²) in [5.74, 6) is 0. The first-order valence-corrected chi connectivity index (χ1v) is 11.9. The number of nitrogens with zero attached hydrogens (tertiary/aromatic N) is 1. The average molecular weight is 437 g/mol. The van der Waals surface area contributed by atoms with E-state index in [2.05, 4.69) is 126 Å². The molecule has 0 spiro atoms. The van der Waals surface area contributed by atoms with Gasteiger partial charge in [-0.3, -0.25) is 0 Å². The minimum absolute atomic E-state index is 1.01. The molecular formula is C32H24N2. The minimum Gasteiger partial charge on any atom is -0.355 e. The molecule has 0 atom stereocenters. The fourth-order valence-electron chi connectivity index (χ4n) is 5.47. The highest BCUT2D eigenvalue weighted by Gasteiger charge is 2.15. The van der Waals surface area contributed by atoms with Crippen LogP contribution in [0.15, 0.2) is 109 Å². The monoisotopic (exact) mass is 436 g/mol. The van der Waals surface area contributed by atoms with Crippen molar-refractivity contribution in [1.82, 2.24) is 9.55 Å². The zero-order chi connectivity index (χ0) is 22.6. The van der Waals surface area contributed by atoms with Crippen LogP contribution in [0.25, 0.3) is 60.4 Å². The zero-order valence-electron chi connectivity index (χ0n) is 19.0. The largest absolute Gasteiger partial charge is 0.355 e. The Kier molecular flexibility index (Phi) is 4.16. The molecule has 34 heavy (non-hydrogen) atoms. The Labute approximate surface area is 198 Å². The Morgan fingerprint density at radius 3 is 2.09 bits per heavy atom. The zero-order valence-corrected chi connectivity index (χ0v) is 19.0. The summed E-state index contributed by atoms with van der Waals surface area (Å²) in [5, 5.41) is 5.12. The topological polar surface area (TPSA) is 20.7 Å². The number of aromatic amines is 1. The molecule has 0 unspecified atom stereocenters. The molecule has 0 fully saturated rings. The Balaban J connectivity index is 1.48. The van der Waals surface area contributed by atoms with Crippen LogP contribution < -0.4 is 0 Å². The maximum absolute atomic E-state index is 3.54. The van der Waals surface area contributed by atoms with Crippen molar-refractivity contribution in [3.05, 3.63) is 115 Å². The molecule has 0 radical (unpaired) electrons. The lowest BCUT2D eigenvalue weighted by Crippen LogP contribution is -1.98. The quantitative estimate of drug-likeness (QED) is 0.286. The van der Waals surface area contributed by atoms with Crippen LogP contribution in [0.1, 0.15) is 12.5 Å². The predicted molar refractivity (Wildman–Crippen MR) is 145 cm³/mol. The van der Waals surface area contributed by atoms with Gasteiger partial charge >= 0.3 is 0 Å². The normalized spacial score (nSPS) is 11.8. The molecule has 0 aliphatic carbocycles. The number of nitrogens with one attached hydrogen (secondary N) is 1. The van der Waals surface area contributed by atoms with Crippen LogP contribution >= 0.6 is 0 Å². The minimum atomic E-state index is 1.01. The molecule has 5 aromatic carbocycles. The number of hydrogen-bond acceptors (Lipinski definition) is 0. The van der Waals surface area contributed by atoms with Crippen LogP contribution in [0.2, 0.25) is 0 Å². The van der Waals surface area contributed by atoms with Crippen LogP contribution in [-0.2, 0) is 6.42 Å². The molecule has 0 amide bonds. The molecule has 2 aromatic heterocycles. The van der Waals surface area contributed by atoms with Crippen molar-refractivity contribution in [3.8, 4) is 16.8 Å². The van der Waals surface area contributed by atoms with Gasteiger partial charge in [-0.2, -0.15) is 0 Å². The molecule has 162 valence electrons. The molecule has 2 heteroatoms. The number of H-pyrrole nitrogens is 1. The van der Waals surface area contributed by atoms with E-state index in [1.54, 1.807) is 0 Å². The lowest BCUT2D eigenvalue weighted by Gasteiger charge is -2.12. The van der Waals surface area contributed by atoms with Crippen molar-refractivity contribution in [2.24, 2.45) is 0 Å². The Morgan fingerprint density at radius 2 is 1.21 bits per heavy atom. The van der Waals surface area contributed by atoms with E-state index < -0.39 is 0 Å². The first-order valence-electron chi connectivity index (χ1n) is 11.9. The Morgan fingerprint density at radius 1 is 0.559 bits per heavy atom. The second-order valence-corrected chi connectivity index (χ2v) is 9.00. The molecule has 0 saturated carbocycles. The van der Waals surface area contributed by atoms with E-state index in [-0.39, 0.29) is 0 Å². The van der Waals surface area contributed by atoms with Gasteiger partial charge in [0.15, 0.2) is 0 Å². The number of benzene rings is 5. The van der Waals surface area contributed by atoms with E-state index in [4.69, 9.17) is 0 Å². The maximum atomic E-state index is 3.54. The van der Waals surface area contributed by atoms with E-state index in [0.717, 1.165) is 6.42 Å². The van der Waals surface area contributed by atoms with E-state index in [9.17, 15) is 0 Å². The van der Waals surface area contributed by atoms with Gasteiger partial charge in [0, 0.05) is 38.3 Å². The SMILES string of the molecule is CCc1ccccc1-n1c2ccccc2c2cc(-c3ccc4[nH]c5ccccc5c4c3)ccc21. The van der Waals surface area contributed by atoms with Crippen molar-refractivity contribution < 1.29 is 0 Å². The predicted octanol–water partition coefficient (Wildman–Crippen LogP) is 8.65. The standard InChI is InChI=1S/C32H24N2/c1-2-21-9-3-7-13-30(21)34-31-14-8-5-11-25(31)27-20-23(16-18-32(27)34)22-15-17-29-26(19-22)24-10-4-6-12-28(24)33-29/h3-20,33H,2H2,1H3. The molecule has 0 aliphatic heterocycles. The highest BCUT2D eigenvalue weighted by atomic mass is 15.0. The third-order valence-corrected chi connectivity index (χ3v) is 7.13. The number of aryl methyl sites for hydroxylation is 1. The summed E-state index contributed by atoms with van der Waals surface area (Å²) < 4.78 is 2.43. The smallest absolute Gasteiger partial charge is 0.0541 e. The molecular weight excluding hydrogens is 412 g/mol. The third kappa shape index (κ3) is 2.75. The van der Waals surface area contributed by atoms with Crippen LogP contribution in [0.4, 0.5) is 0 Å². The lowest BCUT2D eigenvalue weighted by molar-refractivity contribution is 1.07. The first kappa shape index (κ1) is 19.2. The fraction of sp³-hybridized carbons (Fsp3) is 0.0625. The summed E-state index contributed by atoms with van der Waals surface area (Å²) in [6, 6.07) is 39.7. The van der Waals surface area contributed by atoms with Gasteiger partial charge in [-0.25, -0.2) is 0 Å². The maximum Gasteiger partial charge on any atom is 0.0541 e. The fourth-order valence-corrected chi connectivity index (χ4v) is 5.47. The van der Waals surface area contributed by atoms with Crippen LogP contribution in [0.5, 0.6) is 0 Å². The van der Waals surface area contributed by atoms with E-state index in [0.29, 0.717) is 0 Å². The van der Waals surface area contributed by atoms with Gasteiger partial charge in [-0.05, 0) is 65.6 Å². The number of para-hydroxylation sites is 3. The van der Waals surface area contributed by atoms with E-state index in [1.807, 2.05) is 0 Å². The molecule has 2 nitrogen and oxygen atoms in total. The summed E-state index contributed by atoms with van der Waals surface area (Å²) in [6.45, 7) is 2.23. The lowest BCUT2D eigenvalue weighted by atomic mass is 10.0. The van der Waals surface area contributed by atoms with Crippen molar-refractivity contribution in [3.63, 3.8) is 0 Å². The summed E-state index contributed by atoms with van der Waals surface area (Å²) in [5.41, 5.74) is 9.97. The van der Waals surface area contributed by atoms with Gasteiger partial charge in [-0.15, -0.1) is 0 Å². The third-order valence-electron chi connectivity index (χ3n) is 7.13. The average Bonchev–Trinajstić information content (AvgIpc) is 3.43. The molecule has 0 aliphatic rings. The molecule has 2 heterocycles. The Hall–Kier alpha value is -4.30. The number of aromatic nitrogens is 2. The van der Waals surface area contributed by atoms with Gasteiger partial charge < -0.3 is 9.55 Å². The molecule has 0 saturated heterocycles. The van der Waals surface area contributed by atoms with Gasteiger partial charge in [0.05, 0.1) is 11.0 Å². The molecule has 7 aromatic rings. The summed E-state index contributed by atoms with van der Waals surface area (Å²) >= 11 is 0. The van der Waals surface area contributed by atoms with Crippen molar-refractivity contribution in [2.45, 2.75) is 13.3 Å². The van der Waals surface area contributed by atoms with Crippen LogP contribution in [-0.4, -0.2) is 9.55 Å². The van der Waals surface area contributed by atoms with Crippen molar-refractivity contribution >= 4 is 43.6 Å². The Bertz CT molecular complexity index is 1850. The molecule has 0 bridgehead atoms. The number of rotatable bonds is 3. The van der Waals surface area contributed by atoms with Crippen molar-refractivity contribution in [2.75, 3.05) is 0 Å². The van der Waals surface area contributed by atoms with E-state index >= 15 is 0 Å². The van der Waals surface area contributed by atoms with Crippen LogP contribution in [0, 0.1) is 0 Å². The molecule has 1 N–H and O–H groups in total. The van der Waals surface area contributed by atoms with Gasteiger partial charge in [-0.1, -0.05) is 73.7 Å². The highest BCUT2D eigenvalue weighted by molar-refractivity contribution is 6.11. The summed E-state index contributed by atoms with van der Waals surface area (Å²) in [7, 11) is 0. The second kappa shape index (κ2) is 7.36. The summed E-state index contributed by atoms with van der Waals surface area (Å²) in [4.78, 5) is 3.54. The van der Waals surface area contributed by atoms with Crippen molar-refractivity contribution in [1.29, 1.82) is 0 Å². The van der Waals surface area contributed by atoms with Gasteiger partial charge in [0.1, 0.15) is 0 Å².